The van der Waals surface area contributed by atoms with Crippen molar-refractivity contribution in [3.05, 3.63) is 16.1 Å². The van der Waals surface area contributed by atoms with Crippen LogP contribution in [-0.2, 0) is 14.3 Å². The van der Waals surface area contributed by atoms with Crippen molar-refractivity contribution in [1.82, 2.24) is 4.98 Å². The molecule has 1 aromatic heterocycles. The Morgan fingerprint density at radius 3 is 2.45 bits per heavy atom. The second-order valence-corrected chi connectivity index (χ2v) is 6.63. The number of thiazole rings is 1. The molecule has 1 N–H and O–H groups in total. The molecule has 0 aromatic carbocycles. The van der Waals surface area contributed by atoms with Gasteiger partial charge in [0, 0.05) is 6.92 Å². The van der Waals surface area contributed by atoms with Crippen LogP contribution in [0.2, 0.25) is 4.34 Å². The summed E-state index contributed by atoms with van der Waals surface area (Å²) in [5.74, 6) is -0.747. The Labute approximate surface area is 127 Å². The highest BCUT2D eigenvalue weighted by Crippen LogP contribution is 2.33. The van der Waals surface area contributed by atoms with Gasteiger partial charge < -0.3 is 10.1 Å². The second-order valence-electron chi connectivity index (χ2n) is 5.03. The molecule has 0 atom stereocenters. The molecule has 0 saturated heterocycles. The Kier molecular flexibility index (Phi) is 5.30. The largest absolute Gasteiger partial charge is 0.456 e. The zero-order valence-electron chi connectivity index (χ0n) is 12.0. The predicted octanol–water partition coefficient (Wildman–Crippen LogP) is 3.50. The number of ether oxygens (including phenoxy) is 1. The Morgan fingerprint density at radius 1 is 1.40 bits per heavy atom. The normalized spacial score (nSPS) is 12.2. The summed E-state index contributed by atoms with van der Waals surface area (Å²) in [6.45, 7) is 8.42. The van der Waals surface area contributed by atoms with Gasteiger partial charge in [0.1, 0.15) is 15.6 Å². The van der Waals surface area contributed by atoms with Gasteiger partial charge in [-0.3, -0.25) is 4.79 Å². The first kappa shape index (κ1) is 16.7. The van der Waals surface area contributed by atoms with E-state index in [1.165, 1.54) is 6.92 Å². The van der Waals surface area contributed by atoms with Crippen LogP contribution in [0.3, 0.4) is 0 Å². The highest BCUT2D eigenvalue weighted by molar-refractivity contribution is 7.19. The van der Waals surface area contributed by atoms with Crippen molar-refractivity contribution in [2.24, 2.45) is 0 Å². The first-order valence-corrected chi connectivity index (χ1v) is 7.17. The van der Waals surface area contributed by atoms with Gasteiger partial charge in [-0.2, -0.15) is 0 Å². The van der Waals surface area contributed by atoms with Crippen molar-refractivity contribution in [2.75, 3.05) is 5.32 Å². The zero-order valence-corrected chi connectivity index (χ0v) is 13.6. The van der Waals surface area contributed by atoms with Crippen molar-refractivity contribution in [3.8, 4) is 0 Å². The molecular weight excluding hydrogens is 300 g/mol. The van der Waals surface area contributed by atoms with E-state index in [2.05, 4.69) is 10.3 Å². The number of nitrogens with zero attached hydrogens (tertiary/aromatic N) is 1. The number of hydrogen-bond donors (Lipinski definition) is 1. The average molecular weight is 317 g/mol. The molecule has 0 aliphatic rings. The third kappa shape index (κ3) is 4.61. The molecule has 0 aliphatic carbocycles. The van der Waals surface area contributed by atoms with E-state index in [0.29, 0.717) is 15.2 Å². The summed E-state index contributed by atoms with van der Waals surface area (Å²) in [6, 6.07) is 0. The van der Waals surface area contributed by atoms with Gasteiger partial charge in [-0.15, -0.1) is 0 Å². The first-order valence-electron chi connectivity index (χ1n) is 5.98. The number of aromatic nitrogens is 1. The Morgan fingerprint density at radius 2 is 2.00 bits per heavy atom. The molecule has 1 aromatic rings. The number of nitrogens with one attached hydrogen (secondary N) is 1. The summed E-state index contributed by atoms with van der Waals surface area (Å²) in [5.41, 5.74) is -0.0103. The number of hydrogen-bond acceptors (Lipinski definition) is 5. The number of amides is 1. The Hall–Kier alpha value is -1.40. The van der Waals surface area contributed by atoms with Gasteiger partial charge >= 0.3 is 5.97 Å². The van der Waals surface area contributed by atoms with Crippen LogP contribution in [0.4, 0.5) is 5.13 Å². The Bertz CT molecular complexity index is 558. The van der Waals surface area contributed by atoms with Gasteiger partial charge in [0.25, 0.3) is 0 Å². The first-order chi connectivity index (χ1) is 9.14. The van der Waals surface area contributed by atoms with E-state index in [1.54, 1.807) is 33.8 Å². The fourth-order valence-corrected chi connectivity index (χ4v) is 2.47. The molecule has 0 unspecified atom stereocenters. The van der Waals surface area contributed by atoms with Gasteiger partial charge in [-0.05, 0) is 27.7 Å². The lowest BCUT2D eigenvalue weighted by molar-refractivity contribution is -0.147. The molecule has 1 amide bonds. The van der Waals surface area contributed by atoms with Gasteiger partial charge in [0.2, 0.25) is 5.91 Å². The number of rotatable bonds is 3. The molecule has 0 aliphatic heterocycles. The van der Waals surface area contributed by atoms with Crippen LogP contribution >= 0.6 is 22.9 Å². The summed E-state index contributed by atoms with van der Waals surface area (Å²) < 4.78 is 5.63. The highest BCUT2D eigenvalue weighted by atomic mass is 35.5. The molecule has 1 rings (SSSR count). The quantitative estimate of drug-likeness (QED) is 0.684. The molecular formula is C13H17ClN2O3S. The second kappa shape index (κ2) is 6.37. The smallest absolute Gasteiger partial charge is 0.340 e. The maximum Gasteiger partial charge on any atom is 0.340 e. The molecule has 20 heavy (non-hydrogen) atoms. The molecule has 110 valence electrons. The number of halogens is 1. The van der Waals surface area contributed by atoms with Crippen LogP contribution in [0, 0.1) is 0 Å². The van der Waals surface area contributed by atoms with Crippen LogP contribution in [0.15, 0.2) is 6.08 Å². The molecule has 0 bridgehead atoms. The minimum absolute atomic E-state index is 0.249. The van der Waals surface area contributed by atoms with E-state index < -0.39 is 11.6 Å². The lowest BCUT2D eigenvalue weighted by atomic mass is 10.1. The lowest BCUT2D eigenvalue weighted by Gasteiger charge is -2.20. The fourth-order valence-electron chi connectivity index (χ4n) is 1.36. The maximum atomic E-state index is 12.1. The van der Waals surface area contributed by atoms with Gasteiger partial charge in [-0.25, -0.2) is 9.78 Å². The summed E-state index contributed by atoms with van der Waals surface area (Å²) in [7, 11) is 0. The molecule has 0 fully saturated rings. The SMILES string of the molecule is CC=C(C(=O)OC(C)(C)C)c1nc(NC(C)=O)sc1Cl. The number of anilines is 1. The van der Waals surface area contributed by atoms with E-state index >= 15 is 0 Å². The zero-order chi connectivity index (χ0) is 15.5. The third-order valence-electron chi connectivity index (χ3n) is 2.03. The molecule has 0 spiro atoms. The molecule has 7 heteroatoms. The van der Waals surface area contributed by atoms with E-state index in [9.17, 15) is 9.59 Å². The highest BCUT2D eigenvalue weighted by Gasteiger charge is 2.24. The minimum atomic E-state index is -0.603. The van der Waals surface area contributed by atoms with Crippen molar-refractivity contribution in [3.63, 3.8) is 0 Å². The van der Waals surface area contributed by atoms with Crippen LogP contribution < -0.4 is 5.32 Å². The maximum absolute atomic E-state index is 12.1. The van der Waals surface area contributed by atoms with Crippen molar-refractivity contribution >= 4 is 45.5 Å². The third-order valence-corrected chi connectivity index (χ3v) is 3.20. The number of esters is 1. The summed E-state index contributed by atoms with van der Waals surface area (Å²) >= 11 is 7.17. The summed E-state index contributed by atoms with van der Waals surface area (Å²) in [6.07, 6.45) is 1.59. The van der Waals surface area contributed by atoms with Crippen LogP contribution in [0.5, 0.6) is 0 Å². The topological polar surface area (TPSA) is 68.3 Å². The monoisotopic (exact) mass is 316 g/mol. The number of carbonyl (C=O) groups is 2. The van der Waals surface area contributed by atoms with Crippen LogP contribution in [-0.4, -0.2) is 22.5 Å². The van der Waals surface area contributed by atoms with Crippen molar-refractivity contribution in [2.45, 2.75) is 40.2 Å². The van der Waals surface area contributed by atoms with Crippen LogP contribution in [0.25, 0.3) is 5.57 Å². The molecule has 5 nitrogen and oxygen atoms in total. The van der Waals surface area contributed by atoms with E-state index in [1.807, 2.05) is 0 Å². The molecule has 0 radical (unpaired) electrons. The predicted molar refractivity (Wildman–Crippen MR) is 80.9 cm³/mol. The fraction of sp³-hybridized carbons (Fsp3) is 0.462. The average Bonchev–Trinajstić information content (AvgIpc) is 2.57. The van der Waals surface area contributed by atoms with Crippen LogP contribution in [0.1, 0.15) is 40.3 Å². The number of allylic oxidation sites excluding steroid dienone is 1. The summed E-state index contributed by atoms with van der Waals surface area (Å²) in [4.78, 5) is 27.3. The Balaban J connectivity index is 3.05. The van der Waals surface area contributed by atoms with E-state index in [0.717, 1.165) is 11.3 Å². The van der Waals surface area contributed by atoms with Gasteiger partial charge in [-0.1, -0.05) is 29.0 Å². The van der Waals surface area contributed by atoms with Crippen molar-refractivity contribution in [1.29, 1.82) is 0 Å². The van der Waals surface area contributed by atoms with E-state index in [-0.39, 0.29) is 11.5 Å². The van der Waals surface area contributed by atoms with E-state index in [4.69, 9.17) is 16.3 Å². The molecule has 1 heterocycles. The lowest BCUT2D eigenvalue weighted by Crippen LogP contribution is -2.24. The standard InChI is InChI=1S/C13H17ClN2O3S/c1-6-8(11(18)19-13(3,4)5)9-10(14)20-12(16-9)15-7(2)17/h6H,1-5H3,(H,15,16,17). The van der Waals surface area contributed by atoms with Gasteiger partial charge in [0.15, 0.2) is 5.13 Å². The minimum Gasteiger partial charge on any atom is -0.456 e. The summed E-state index contributed by atoms with van der Waals surface area (Å²) in [5, 5.41) is 2.88. The molecule has 0 saturated carbocycles. The van der Waals surface area contributed by atoms with Crippen molar-refractivity contribution < 1.29 is 14.3 Å². The van der Waals surface area contributed by atoms with Gasteiger partial charge in [0.05, 0.1) is 5.57 Å². The number of carbonyl (C=O) groups excluding carboxylic acids is 2.